The average molecular weight is 772 g/mol. The fraction of sp³-hybridized carbons (Fsp3) is 0.275. The van der Waals surface area contributed by atoms with E-state index in [0.717, 1.165) is 68.7 Å². The Morgan fingerprint density at radius 3 is 2.18 bits per heavy atom. The summed E-state index contributed by atoms with van der Waals surface area (Å²) in [6, 6.07) is 38.8. The zero-order chi connectivity index (χ0) is 29.9. The second kappa shape index (κ2) is 13.8. The van der Waals surface area contributed by atoms with Crippen molar-refractivity contribution in [3.63, 3.8) is 0 Å². The number of nitrogens with zero attached hydrogens (tertiary/aromatic N) is 2. The molecule has 45 heavy (non-hydrogen) atoms. The molecule has 0 saturated carbocycles. The van der Waals surface area contributed by atoms with Crippen molar-refractivity contribution in [2.45, 2.75) is 43.9 Å². The Morgan fingerprint density at radius 2 is 1.42 bits per heavy atom. The van der Waals surface area contributed by atoms with Crippen LogP contribution >= 0.6 is 0 Å². The first-order chi connectivity index (χ1) is 21.7. The number of rotatable bonds is 12. The maximum absolute atomic E-state index is 5.46. The summed E-state index contributed by atoms with van der Waals surface area (Å²) in [4.78, 5) is 4.61. The van der Waals surface area contributed by atoms with E-state index in [9.17, 15) is 0 Å². The molecule has 0 atom stereocenters. The summed E-state index contributed by atoms with van der Waals surface area (Å²) in [6.07, 6.45) is 8.41. The van der Waals surface area contributed by atoms with Crippen LogP contribution in [0.5, 0.6) is 0 Å². The van der Waals surface area contributed by atoms with Crippen LogP contribution in [0, 0.1) is 6.07 Å². The van der Waals surface area contributed by atoms with Crippen LogP contribution in [0.4, 0.5) is 0 Å². The van der Waals surface area contributed by atoms with Gasteiger partial charge in [-0.1, -0.05) is 54.6 Å². The van der Waals surface area contributed by atoms with Crippen molar-refractivity contribution in [1.82, 2.24) is 9.55 Å². The minimum Gasteiger partial charge on any atom is -0.385 e. The Labute approximate surface area is 279 Å². The van der Waals surface area contributed by atoms with Crippen LogP contribution in [0.1, 0.15) is 49.7 Å². The van der Waals surface area contributed by atoms with Gasteiger partial charge in [0, 0.05) is 69.9 Å². The van der Waals surface area contributed by atoms with Gasteiger partial charge in [-0.05, 0) is 96.4 Å². The predicted molar refractivity (Wildman–Crippen MR) is 181 cm³/mol. The second-order valence-electron chi connectivity index (χ2n) is 12.0. The van der Waals surface area contributed by atoms with Crippen LogP contribution in [-0.4, -0.2) is 37.0 Å². The summed E-state index contributed by atoms with van der Waals surface area (Å²) in [5, 5.41) is 2.56. The van der Waals surface area contributed by atoms with Crippen molar-refractivity contribution < 1.29 is 29.6 Å². The Hall–Kier alpha value is -3.60. The van der Waals surface area contributed by atoms with Crippen LogP contribution < -0.4 is 0 Å². The van der Waals surface area contributed by atoms with Gasteiger partial charge in [-0.2, -0.15) is 0 Å². The number of methoxy groups -OCH3 is 2. The maximum atomic E-state index is 5.46. The molecule has 0 saturated heterocycles. The number of para-hydroxylation sites is 1. The fourth-order valence-electron chi connectivity index (χ4n) is 7.47. The topological polar surface area (TPSA) is 36.3 Å². The van der Waals surface area contributed by atoms with E-state index in [0.29, 0.717) is 0 Å². The summed E-state index contributed by atoms with van der Waals surface area (Å²) in [5.41, 5.74) is 11.1. The quantitative estimate of drug-likeness (QED) is 0.0919. The van der Waals surface area contributed by atoms with Crippen molar-refractivity contribution in [3.05, 3.63) is 120 Å². The Morgan fingerprint density at radius 1 is 0.689 bits per heavy atom. The molecule has 1 radical (unpaired) electrons. The minimum absolute atomic E-state index is 0. The van der Waals surface area contributed by atoms with Crippen LogP contribution in [0.2, 0.25) is 0 Å². The largest absolute Gasteiger partial charge is 0.385 e. The van der Waals surface area contributed by atoms with E-state index in [4.69, 9.17) is 9.47 Å². The SMILES string of the molecule is COCCCCC1(CCCCOC)c2ccccc2-c2cc3c4ccccc4n(-c4cc[c-]c(-c5ccccn5)c4)c3cc21.[Ir]. The van der Waals surface area contributed by atoms with Crippen molar-refractivity contribution in [1.29, 1.82) is 0 Å². The van der Waals surface area contributed by atoms with Gasteiger partial charge in [0.05, 0.1) is 11.0 Å². The van der Waals surface area contributed by atoms with E-state index in [1.807, 2.05) is 30.5 Å². The minimum atomic E-state index is -0.0491. The average Bonchev–Trinajstić information content (AvgIpc) is 3.54. The van der Waals surface area contributed by atoms with E-state index < -0.39 is 0 Å². The molecule has 0 N–H and O–H groups in total. The van der Waals surface area contributed by atoms with Crippen molar-refractivity contribution >= 4 is 21.8 Å². The molecule has 0 spiro atoms. The Kier molecular flexibility index (Phi) is 9.63. The monoisotopic (exact) mass is 772 g/mol. The molecule has 0 bridgehead atoms. The molecule has 2 aromatic heterocycles. The molecule has 6 aromatic rings. The van der Waals surface area contributed by atoms with Gasteiger partial charge in [-0.15, -0.1) is 29.8 Å². The van der Waals surface area contributed by atoms with Gasteiger partial charge in [0.15, 0.2) is 0 Å². The van der Waals surface area contributed by atoms with Crippen LogP contribution in [-0.2, 0) is 35.0 Å². The van der Waals surface area contributed by atoms with Gasteiger partial charge >= 0.3 is 0 Å². The third kappa shape index (κ3) is 5.68. The molecule has 0 aliphatic heterocycles. The first-order valence-electron chi connectivity index (χ1n) is 15.8. The van der Waals surface area contributed by atoms with Gasteiger partial charge in [-0.25, -0.2) is 0 Å². The van der Waals surface area contributed by atoms with Gasteiger partial charge in [0.25, 0.3) is 0 Å². The molecule has 231 valence electrons. The molecule has 4 aromatic carbocycles. The summed E-state index contributed by atoms with van der Waals surface area (Å²) in [5.74, 6) is 0. The van der Waals surface area contributed by atoms with Crippen LogP contribution in [0.15, 0.2) is 103 Å². The van der Waals surface area contributed by atoms with Gasteiger partial charge in [0.2, 0.25) is 0 Å². The van der Waals surface area contributed by atoms with Crippen molar-refractivity contribution in [3.8, 4) is 28.1 Å². The van der Waals surface area contributed by atoms with Crippen molar-refractivity contribution in [2.24, 2.45) is 0 Å². The number of ether oxygens (including phenoxy) is 2. The van der Waals surface area contributed by atoms with E-state index in [-0.39, 0.29) is 25.5 Å². The standard InChI is InChI=1S/C40H39N2O2.Ir/c1-43-24-11-8-21-40(22-9-12-25-44-2)35-18-5-3-16-31(35)33-27-34-32-17-4-6-20-38(32)42(39(34)28-36(33)40)30-15-13-14-29(26-30)37-19-7-10-23-41-37;/h3-7,10,13,15-20,23,26-28H,8-9,11-12,21-22,24-25H2,1-2H3;/q-1;. The van der Waals surface area contributed by atoms with E-state index in [1.165, 1.54) is 44.1 Å². The summed E-state index contributed by atoms with van der Waals surface area (Å²) in [6.45, 7) is 1.59. The number of fused-ring (bicyclic) bond motifs is 6. The molecule has 1 aliphatic carbocycles. The molecule has 1 aliphatic rings. The van der Waals surface area contributed by atoms with Crippen molar-refractivity contribution in [2.75, 3.05) is 27.4 Å². The van der Waals surface area contributed by atoms with Crippen LogP contribution in [0.3, 0.4) is 0 Å². The normalized spacial score (nSPS) is 13.1. The van der Waals surface area contributed by atoms with E-state index in [2.05, 4.69) is 88.4 Å². The molecule has 0 unspecified atom stereocenters. The molecular weight excluding hydrogens is 733 g/mol. The third-order valence-electron chi connectivity index (χ3n) is 9.45. The summed E-state index contributed by atoms with van der Waals surface area (Å²) in [7, 11) is 3.60. The third-order valence-corrected chi connectivity index (χ3v) is 9.45. The zero-order valence-electron chi connectivity index (χ0n) is 26.0. The Balaban J connectivity index is 0.00000357. The molecular formula is C40H39IrN2O2-. The fourth-order valence-corrected chi connectivity index (χ4v) is 7.47. The number of hydrogen-bond acceptors (Lipinski definition) is 3. The number of benzene rings is 4. The first kappa shape index (κ1) is 31.4. The number of unbranched alkanes of at least 4 members (excludes halogenated alkanes) is 2. The number of hydrogen-bond donors (Lipinski definition) is 0. The van der Waals surface area contributed by atoms with Gasteiger partial charge in [0.1, 0.15) is 0 Å². The molecule has 7 rings (SSSR count). The smallest absolute Gasteiger partial charge is 0.0527 e. The maximum Gasteiger partial charge on any atom is 0.0527 e. The second-order valence-corrected chi connectivity index (χ2v) is 12.0. The van der Waals surface area contributed by atoms with E-state index >= 15 is 0 Å². The van der Waals surface area contributed by atoms with E-state index in [1.54, 1.807) is 14.2 Å². The molecule has 5 heteroatoms. The summed E-state index contributed by atoms with van der Waals surface area (Å²) < 4.78 is 13.4. The summed E-state index contributed by atoms with van der Waals surface area (Å²) >= 11 is 0. The predicted octanol–water partition coefficient (Wildman–Crippen LogP) is 9.54. The Bertz CT molecular complexity index is 1900. The first-order valence-corrected chi connectivity index (χ1v) is 15.8. The molecule has 0 amide bonds. The van der Waals surface area contributed by atoms with Gasteiger partial charge in [-0.3, -0.25) is 0 Å². The molecule has 0 fully saturated rings. The number of pyridine rings is 1. The number of aromatic nitrogens is 2. The van der Waals surface area contributed by atoms with Crippen LogP contribution in [0.25, 0.3) is 49.9 Å². The molecule has 4 nitrogen and oxygen atoms in total. The van der Waals surface area contributed by atoms with Gasteiger partial charge < -0.3 is 19.0 Å². The molecule has 2 heterocycles. The zero-order valence-corrected chi connectivity index (χ0v) is 28.4.